The van der Waals surface area contributed by atoms with Gasteiger partial charge in [0.25, 0.3) is 0 Å². The van der Waals surface area contributed by atoms with Gasteiger partial charge in [-0.05, 0) is 27.7 Å². The van der Waals surface area contributed by atoms with Gasteiger partial charge in [-0.1, -0.05) is 0 Å². The molecule has 0 aromatic carbocycles. The van der Waals surface area contributed by atoms with Crippen molar-refractivity contribution >= 4 is 17.9 Å². The van der Waals surface area contributed by atoms with E-state index in [1.807, 2.05) is 33.8 Å². The maximum Gasteiger partial charge on any atom is 0.407 e. The van der Waals surface area contributed by atoms with E-state index in [4.69, 9.17) is 10.00 Å². The third kappa shape index (κ3) is 9.42. The summed E-state index contributed by atoms with van der Waals surface area (Å²) in [7, 11) is 0. The van der Waals surface area contributed by atoms with Gasteiger partial charge in [-0.25, -0.2) is 4.79 Å². The molecule has 0 saturated carbocycles. The number of alkyl carbamates (subject to hydrolysis) is 1. The normalized spacial score (nSPS) is 12.7. The highest BCUT2D eigenvalue weighted by molar-refractivity contribution is 7.99. The molecule has 15 heavy (non-hydrogen) atoms. The summed E-state index contributed by atoms with van der Waals surface area (Å²) >= 11 is 1.49. The van der Waals surface area contributed by atoms with Crippen molar-refractivity contribution in [2.45, 2.75) is 39.3 Å². The Bertz CT molecular complexity index is 243. The van der Waals surface area contributed by atoms with Crippen LogP contribution in [-0.4, -0.2) is 29.2 Å². The number of amides is 1. The highest BCUT2D eigenvalue weighted by Crippen LogP contribution is 2.07. The number of thioether (sulfide) groups is 1. The van der Waals surface area contributed by atoms with Crippen molar-refractivity contribution in [3.63, 3.8) is 0 Å². The molecule has 5 heteroatoms. The SMILES string of the molecule is C[C@H](CSCC#N)NC(=O)OC(C)(C)C. The van der Waals surface area contributed by atoms with Gasteiger partial charge in [0, 0.05) is 11.8 Å². The van der Waals surface area contributed by atoms with Crippen LogP contribution in [0.2, 0.25) is 0 Å². The largest absolute Gasteiger partial charge is 0.444 e. The first-order valence-corrected chi connectivity index (χ1v) is 5.95. The number of hydrogen-bond acceptors (Lipinski definition) is 4. The predicted molar refractivity (Wildman–Crippen MR) is 61.8 cm³/mol. The highest BCUT2D eigenvalue weighted by Gasteiger charge is 2.17. The molecule has 0 aromatic heterocycles. The van der Waals surface area contributed by atoms with E-state index < -0.39 is 11.7 Å². The van der Waals surface area contributed by atoms with Crippen LogP contribution in [0.4, 0.5) is 4.79 Å². The van der Waals surface area contributed by atoms with Crippen LogP contribution in [0, 0.1) is 11.3 Å². The molecule has 0 spiro atoms. The molecule has 0 rings (SSSR count). The number of nitrogens with zero attached hydrogens (tertiary/aromatic N) is 1. The first-order chi connectivity index (χ1) is 6.85. The lowest BCUT2D eigenvalue weighted by Crippen LogP contribution is -2.38. The molecule has 0 aliphatic rings. The number of nitriles is 1. The topological polar surface area (TPSA) is 62.1 Å². The smallest absolute Gasteiger partial charge is 0.407 e. The maximum atomic E-state index is 11.3. The molecular weight excluding hydrogens is 212 g/mol. The van der Waals surface area contributed by atoms with Crippen molar-refractivity contribution in [2.75, 3.05) is 11.5 Å². The van der Waals surface area contributed by atoms with Crippen molar-refractivity contribution in [2.24, 2.45) is 0 Å². The molecule has 0 unspecified atom stereocenters. The summed E-state index contributed by atoms with van der Waals surface area (Å²) in [6.45, 7) is 7.35. The van der Waals surface area contributed by atoms with E-state index in [0.29, 0.717) is 11.5 Å². The average molecular weight is 230 g/mol. The third-order valence-electron chi connectivity index (χ3n) is 1.30. The van der Waals surface area contributed by atoms with Gasteiger partial charge >= 0.3 is 6.09 Å². The number of carbonyl (C=O) groups is 1. The Morgan fingerprint density at radius 1 is 1.60 bits per heavy atom. The van der Waals surface area contributed by atoms with Gasteiger partial charge in [-0.2, -0.15) is 5.26 Å². The quantitative estimate of drug-likeness (QED) is 0.752. The van der Waals surface area contributed by atoms with Gasteiger partial charge in [0.15, 0.2) is 0 Å². The molecule has 1 N–H and O–H groups in total. The lowest BCUT2D eigenvalue weighted by Gasteiger charge is -2.21. The van der Waals surface area contributed by atoms with Crippen LogP contribution in [0.3, 0.4) is 0 Å². The summed E-state index contributed by atoms with van der Waals surface area (Å²) in [6, 6.07) is 2.05. The van der Waals surface area contributed by atoms with Crippen LogP contribution in [-0.2, 0) is 4.74 Å². The zero-order chi connectivity index (χ0) is 11.9. The Labute approximate surface area is 95.4 Å². The summed E-state index contributed by atoms with van der Waals surface area (Å²) < 4.78 is 5.09. The molecule has 0 saturated heterocycles. The Hall–Kier alpha value is -0.890. The Morgan fingerprint density at radius 2 is 2.20 bits per heavy atom. The van der Waals surface area contributed by atoms with E-state index in [2.05, 4.69) is 5.32 Å². The minimum absolute atomic E-state index is 0.0122. The minimum atomic E-state index is -0.469. The van der Waals surface area contributed by atoms with Crippen molar-refractivity contribution in [1.82, 2.24) is 5.32 Å². The summed E-state index contributed by atoms with van der Waals surface area (Å²) in [5.74, 6) is 1.16. The predicted octanol–water partition coefficient (Wildman–Crippen LogP) is 2.16. The molecule has 0 fully saturated rings. The second-order valence-corrected chi connectivity index (χ2v) is 5.25. The maximum absolute atomic E-state index is 11.3. The van der Waals surface area contributed by atoms with Gasteiger partial charge in [0.2, 0.25) is 0 Å². The lowest BCUT2D eigenvalue weighted by molar-refractivity contribution is 0.0513. The molecule has 0 heterocycles. The molecule has 4 nitrogen and oxygen atoms in total. The van der Waals surface area contributed by atoms with Crippen LogP contribution >= 0.6 is 11.8 Å². The Kier molecular flexibility index (Phi) is 6.18. The standard InChI is InChI=1S/C10H18N2O2S/c1-8(7-15-6-5-11)12-9(13)14-10(2,3)4/h8H,6-7H2,1-4H3,(H,12,13)/t8-/m1/s1. The third-order valence-corrected chi connectivity index (χ3v) is 2.37. The van der Waals surface area contributed by atoms with Gasteiger partial charge < -0.3 is 10.1 Å². The zero-order valence-corrected chi connectivity index (χ0v) is 10.5. The monoisotopic (exact) mass is 230 g/mol. The first-order valence-electron chi connectivity index (χ1n) is 4.79. The average Bonchev–Trinajstić information content (AvgIpc) is 2.00. The number of hydrogen-bond donors (Lipinski definition) is 1. The van der Waals surface area contributed by atoms with Crippen LogP contribution in [0.5, 0.6) is 0 Å². The second kappa shape index (κ2) is 6.57. The van der Waals surface area contributed by atoms with Gasteiger partial charge in [-0.15, -0.1) is 11.8 Å². The molecule has 1 atom stereocenters. The molecular formula is C10H18N2O2S. The van der Waals surface area contributed by atoms with Crippen molar-refractivity contribution in [1.29, 1.82) is 5.26 Å². The molecule has 1 amide bonds. The van der Waals surface area contributed by atoms with Gasteiger partial charge in [-0.3, -0.25) is 0 Å². The van der Waals surface area contributed by atoms with E-state index in [-0.39, 0.29) is 6.04 Å². The summed E-state index contributed by atoms with van der Waals surface area (Å²) in [5.41, 5.74) is -0.469. The number of ether oxygens (including phenoxy) is 1. The van der Waals surface area contributed by atoms with E-state index in [1.165, 1.54) is 11.8 Å². The van der Waals surface area contributed by atoms with E-state index in [0.717, 1.165) is 0 Å². The highest BCUT2D eigenvalue weighted by atomic mass is 32.2. The van der Waals surface area contributed by atoms with Crippen LogP contribution < -0.4 is 5.32 Å². The molecule has 0 aliphatic heterocycles. The Balaban J connectivity index is 3.73. The molecule has 0 radical (unpaired) electrons. The molecule has 0 aromatic rings. The van der Waals surface area contributed by atoms with E-state index >= 15 is 0 Å². The fourth-order valence-corrected chi connectivity index (χ4v) is 1.48. The van der Waals surface area contributed by atoms with E-state index in [9.17, 15) is 4.79 Å². The number of rotatable bonds is 4. The summed E-state index contributed by atoms with van der Waals surface area (Å²) in [5, 5.41) is 11.0. The molecule has 86 valence electrons. The second-order valence-electron chi connectivity index (χ2n) is 4.22. The first kappa shape index (κ1) is 14.1. The molecule has 0 bridgehead atoms. The fourth-order valence-electron chi connectivity index (χ4n) is 0.832. The van der Waals surface area contributed by atoms with Crippen LogP contribution in [0.25, 0.3) is 0 Å². The summed E-state index contributed by atoms with van der Waals surface area (Å²) in [4.78, 5) is 11.3. The fraction of sp³-hybridized carbons (Fsp3) is 0.800. The lowest BCUT2D eigenvalue weighted by atomic mass is 10.2. The van der Waals surface area contributed by atoms with Crippen molar-refractivity contribution in [3.05, 3.63) is 0 Å². The number of carbonyl (C=O) groups excluding carboxylic acids is 1. The Morgan fingerprint density at radius 3 is 2.67 bits per heavy atom. The minimum Gasteiger partial charge on any atom is -0.444 e. The van der Waals surface area contributed by atoms with Gasteiger partial charge in [0.05, 0.1) is 11.8 Å². The summed E-state index contributed by atoms with van der Waals surface area (Å²) in [6.07, 6.45) is -0.410. The molecule has 0 aliphatic carbocycles. The van der Waals surface area contributed by atoms with E-state index in [1.54, 1.807) is 0 Å². The van der Waals surface area contributed by atoms with Crippen molar-refractivity contribution < 1.29 is 9.53 Å². The van der Waals surface area contributed by atoms with Crippen molar-refractivity contribution in [3.8, 4) is 6.07 Å². The van der Waals surface area contributed by atoms with Gasteiger partial charge in [0.1, 0.15) is 5.60 Å². The van der Waals surface area contributed by atoms with Crippen LogP contribution in [0.1, 0.15) is 27.7 Å². The number of nitrogens with one attached hydrogen (secondary N) is 1. The van der Waals surface area contributed by atoms with Crippen LogP contribution in [0.15, 0.2) is 0 Å². The zero-order valence-electron chi connectivity index (χ0n) is 9.66.